The number of thiocarbonyl (C=S) groups is 1. The maximum atomic E-state index is 5.54. The minimum absolute atomic E-state index is 0.523. The summed E-state index contributed by atoms with van der Waals surface area (Å²) >= 11 is 6.80. The molecule has 0 saturated heterocycles. The summed E-state index contributed by atoms with van der Waals surface area (Å²) in [4.78, 5) is 4.64. The smallest absolute Gasteiger partial charge is 0.0740 e. The SMILES string of the molecule is CC1c2ccsc2CCN1CCC(N)=S. The molecule has 1 aliphatic heterocycles. The quantitative estimate of drug-likeness (QED) is 0.822. The van der Waals surface area contributed by atoms with E-state index in [0.29, 0.717) is 11.0 Å². The van der Waals surface area contributed by atoms with Gasteiger partial charge in [-0.1, -0.05) is 12.2 Å². The highest BCUT2D eigenvalue weighted by atomic mass is 32.1. The monoisotopic (exact) mass is 240 g/mol. The number of hydrogen-bond donors (Lipinski definition) is 1. The zero-order chi connectivity index (χ0) is 10.8. The van der Waals surface area contributed by atoms with Gasteiger partial charge in [0, 0.05) is 30.4 Å². The molecule has 15 heavy (non-hydrogen) atoms. The van der Waals surface area contributed by atoms with Crippen LogP contribution in [0.1, 0.15) is 29.8 Å². The van der Waals surface area contributed by atoms with Crippen LogP contribution < -0.4 is 5.73 Å². The molecule has 2 N–H and O–H groups in total. The Balaban J connectivity index is 2.03. The van der Waals surface area contributed by atoms with Crippen LogP contribution in [0.5, 0.6) is 0 Å². The summed E-state index contributed by atoms with van der Waals surface area (Å²) in [5.74, 6) is 0. The summed E-state index contributed by atoms with van der Waals surface area (Å²) in [5.41, 5.74) is 7.03. The lowest BCUT2D eigenvalue weighted by atomic mass is 10.0. The molecule has 1 aromatic heterocycles. The van der Waals surface area contributed by atoms with Gasteiger partial charge in [0.15, 0.2) is 0 Å². The molecule has 0 spiro atoms. The first-order chi connectivity index (χ1) is 7.18. The first-order valence-electron chi connectivity index (χ1n) is 5.27. The molecule has 2 heterocycles. The van der Waals surface area contributed by atoms with Crippen LogP contribution in [-0.2, 0) is 6.42 Å². The summed E-state index contributed by atoms with van der Waals surface area (Å²) in [7, 11) is 0. The molecule has 4 heteroatoms. The highest BCUT2D eigenvalue weighted by molar-refractivity contribution is 7.80. The number of hydrogen-bond acceptors (Lipinski definition) is 3. The molecule has 0 fully saturated rings. The van der Waals surface area contributed by atoms with Crippen LogP contribution in [0.15, 0.2) is 11.4 Å². The van der Waals surface area contributed by atoms with Crippen molar-refractivity contribution in [2.24, 2.45) is 5.73 Å². The summed E-state index contributed by atoms with van der Waals surface area (Å²) < 4.78 is 0. The normalized spacial score (nSPS) is 21.3. The van der Waals surface area contributed by atoms with Gasteiger partial charge in [-0.3, -0.25) is 4.90 Å². The van der Waals surface area contributed by atoms with E-state index in [2.05, 4.69) is 23.3 Å². The van der Waals surface area contributed by atoms with Gasteiger partial charge in [0.05, 0.1) is 4.99 Å². The number of rotatable bonds is 3. The van der Waals surface area contributed by atoms with Gasteiger partial charge in [0.1, 0.15) is 0 Å². The molecule has 0 aliphatic carbocycles. The average Bonchev–Trinajstić information content (AvgIpc) is 2.65. The third-order valence-electron chi connectivity index (χ3n) is 3.05. The molecule has 0 radical (unpaired) electrons. The standard InChI is InChI=1S/C11H16N2S2/c1-8-9-4-7-15-10(9)2-5-13(8)6-3-11(12)14/h4,7-8H,2-3,5-6H2,1H3,(H2,12,14). The van der Waals surface area contributed by atoms with E-state index in [4.69, 9.17) is 18.0 Å². The maximum Gasteiger partial charge on any atom is 0.0740 e. The predicted molar refractivity (Wildman–Crippen MR) is 69.4 cm³/mol. The fraction of sp³-hybridized carbons (Fsp3) is 0.545. The number of fused-ring (bicyclic) bond motifs is 1. The minimum Gasteiger partial charge on any atom is -0.393 e. The molecular formula is C11H16N2S2. The predicted octanol–water partition coefficient (Wildman–Crippen LogP) is 2.34. The van der Waals surface area contributed by atoms with Crippen LogP contribution >= 0.6 is 23.6 Å². The van der Waals surface area contributed by atoms with Crippen LogP contribution in [0.25, 0.3) is 0 Å². The molecule has 0 amide bonds. The highest BCUT2D eigenvalue weighted by Crippen LogP contribution is 2.32. The molecule has 82 valence electrons. The zero-order valence-corrected chi connectivity index (χ0v) is 10.5. The van der Waals surface area contributed by atoms with Crippen molar-refractivity contribution in [2.75, 3.05) is 13.1 Å². The summed E-state index contributed by atoms with van der Waals surface area (Å²) in [6.07, 6.45) is 2.01. The summed E-state index contributed by atoms with van der Waals surface area (Å²) in [6.45, 7) is 4.40. The fourth-order valence-corrected chi connectivity index (χ4v) is 3.17. The lowest BCUT2D eigenvalue weighted by molar-refractivity contribution is 0.206. The second-order valence-electron chi connectivity index (χ2n) is 3.98. The van der Waals surface area contributed by atoms with Crippen molar-refractivity contribution in [1.29, 1.82) is 0 Å². The van der Waals surface area contributed by atoms with Crippen LogP contribution in [-0.4, -0.2) is 23.0 Å². The molecule has 1 aromatic rings. The van der Waals surface area contributed by atoms with E-state index in [1.807, 2.05) is 11.3 Å². The van der Waals surface area contributed by atoms with Crippen LogP contribution in [0.3, 0.4) is 0 Å². The molecule has 0 saturated carbocycles. The van der Waals surface area contributed by atoms with Crippen LogP contribution in [0.2, 0.25) is 0 Å². The topological polar surface area (TPSA) is 29.3 Å². The summed E-state index contributed by atoms with van der Waals surface area (Å²) in [6, 6.07) is 2.77. The Kier molecular flexibility index (Phi) is 3.38. The van der Waals surface area contributed by atoms with Gasteiger partial charge < -0.3 is 5.73 Å². The third-order valence-corrected chi connectivity index (χ3v) is 4.25. The van der Waals surface area contributed by atoms with Gasteiger partial charge in [-0.2, -0.15) is 0 Å². The Bertz CT molecular complexity index is 359. The molecule has 0 bridgehead atoms. The van der Waals surface area contributed by atoms with E-state index in [0.717, 1.165) is 19.5 Å². The van der Waals surface area contributed by atoms with Gasteiger partial charge >= 0.3 is 0 Å². The second kappa shape index (κ2) is 4.60. The van der Waals surface area contributed by atoms with Crippen molar-refractivity contribution in [2.45, 2.75) is 25.8 Å². The molecule has 2 rings (SSSR count). The van der Waals surface area contributed by atoms with Crippen molar-refractivity contribution in [1.82, 2.24) is 4.90 Å². The van der Waals surface area contributed by atoms with Crippen LogP contribution in [0.4, 0.5) is 0 Å². The Labute approximate surface area is 100 Å². The van der Waals surface area contributed by atoms with Crippen molar-refractivity contribution in [3.63, 3.8) is 0 Å². The fourth-order valence-electron chi connectivity index (χ4n) is 2.12. The van der Waals surface area contributed by atoms with Gasteiger partial charge in [-0.05, 0) is 30.4 Å². The molecule has 1 aliphatic rings. The van der Waals surface area contributed by atoms with Crippen molar-refractivity contribution >= 4 is 28.5 Å². The van der Waals surface area contributed by atoms with Gasteiger partial charge in [0.2, 0.25) is 0 Å². The minimum atomic E-state index is 0.523. The van der Waals surface area contributed by atoms with Gasteiger partial charge in [0.25, 0.3) is 0 Å². The highest BCUT2D eigenvalue weighted by Gasteiger charge is 2.23. The molecule has 2 nitrogen and oxygen atoms in total. The van der Waals surface area contributed by atoms with E-state index in [1.54, 1.807) is 4.88 Å². The first kappa shape index (κ1) is 11.0. The lowest BCUT2D eigenvalue weighted by Gasteiger charge is -2.33. The molecule has 0 aromatic carbocycles. The van der Waals surface area contributed by atoms with Crippen molar-refractivity contribution < 1.29 is 0 Å². The van der Waals surface area contributed by atoms with Crippen molar-refractivity contribution in [3.8, 4) is 0 Å². The lowest BCUT2D eigenvalue weighted by Crippen LogP contribution is -2.35. The van der Waals surface area contributed by atoms with Crippen LogP contribution in [0, 0.1) is 0 Å². The Hall–Kier alpha value is -0.450. The first-order valence-corrected chi connectivity index (χ1v) is 6.56. The van der Waals surface area contributed by atoms with E-state index < -0.39 is 0 Å². The van der Waals surface area contributed by atoms with E-state index in [9.17, 15) is 0 Å². The second-order valence-corrected chi connectivity index (χ2v) is 5.50. The Morgan fingerprint density at radius 3 is 3.27 bits per heavy atom. The summed E-state index contributed by atoms with van der Waals surface area (Å²) in [5, 5.41) is 2.19. The maximum absolute atomic E-state index is 5.54. The molecule has 1 atom stereocenters. The Morgan fingerprint density at radius 1 is 1.73 bits per heavy atom. The van der Waals surface area contributed by atoms with Crippen molar-refractivity contribution in [3.05, 3.63) is 21.9 Å². The van der Waals surface area contributed by atoms with Gasteiger partial charge in [-0.25, -0.2) is 0 Å². The average molecular weight is 240 g/mol. The van der Waals surface area contributed by atoms with E-state index >= 15 is 0 Å². The Morgan fingerprint density at radius 2 is 2.53 bits per heavy atom. The van der Waals surface area contributed by atoms with E-state index in [1.165, 1.54) is 12.0 Å². The molecule has 1 unspecified atom stereocenters. The number of nitrogens with two attached hydrogens (primary N) is 1. The molecular weight excluding hydrogens is 224 g/mol. The van der Waals surface area contributed by atoms with Gasteiger partial charge in [-0.15, -0.1) is 11.3 Å². The largest absolute Gasteiger partial charge is 0.393 e. The number of thiophene rings is 1. The number of nitrogens with zero attached hydrogens (tertiary/aromatic N) is 1. The third kappa shape index (κ3) is 2.38. The van der Waals surface area contributed by atoms with E-state index in [-0.39, 0.29) is 0 Å². The zero-order valence-electron chi connectivity index (χ0n) is 8.90.